The average molecular weight is 264 g/mol. The predicted molar refractivity (Wildman–Crippen MR) is 81.4 cm³/mol. The Kier molecular flexibility index (Phi) is 4.19. The van der Waals surface area contributed by atoms with Gasteiger partial charge in [-0.2, -0.15) is 0 Å². The van der Waals surface area contributed by atoms with Crippen LogP contribution in [-0.4, -0.2) is 36.1 Å². The maximum absolute atomic E-state index is 3.75. The molecule has 1 unspecified atom stereocenters. The lowest BCUT2D eigenvalue weighted by atomic mass is 9.75. The molecule has 0 bridgehead atoms. The minimum atomic E-state index is 0.606. The van der Waals surface area contributed by atoms with Crippen molar-refractivity contribution < 1.29 is 0 Å². The monoisotopic (exact) mass is 264 g/mol. The Morgan fingerprint density at radius 1 is 0.947 bits per heavy atom. The smallest absolute Gasteiger partial charge is 0.0195 e. The zero-order chi connectivity index (χ0) is 13.3. The largest absolute Gasteiger partial charge is 0.313 e. The van der Waals surface area contributed by atoms with Crippen LogP contribution in [0.5, 0.6) is 0 Å². The van der Waals surface area contributed by atoms with E-state index in [2.05, 4.69) is 24.1 Å². The van der Waals surface area contributed by atoms with Gasteiger partial charge in [0, 0.05) is 24.7 Å². The molecule has 0 spiro atoms. The topological polar surface area (TPSA) is 15.3 Å². The molecular weight excluding hydrogens is 232 g/mol. The van der Waals surface area contributed by atoms with Gasteiger partial charge in [0.15, 0.2) is 0 Å². The highest BCUT2D eigenvalue weighted by atomic mass is 15.2. The van der Waals surface area contributed by atoms with Crippen molar-refractivity contribution in [1.29, 1.82) is 0 Å². The standard InChI is InChI=1S/C17H32N2/c1-17(2)10-8-16(9-11-17)19(15-6-7-15)13-14-5-3-4-12-18-14/h14-16,18H,3-13H2,1-2H3. The highest BCUT2D eigenvalue weighted by Crippen LogP contribution is 2.40. The molecule has 3 fully saturated rings. The SMILES string of the molecule is CC1(C)CCC(N(CC2CCCCN2)C2CC2)CC1. The van der Waals surface area contributed by atoms with Crippen LogP contribution in [0.3, 0.4) is 0 Å². The summed E-state index contributed by atoms with van der Waals surface area (Å²) in [5.41, 5.74) is 0.606. The van der Waals surface area contributed by atoms with Gasteiger partial charge in [0.25, 0.3) is 0 Å². The summed E-state index contributed by atoms with van der Waals surface area (Å²) >= 11 is 0. The van der Waals surface area contributed by atoms with Gasteiger partial charge >= 0.3 is 0 Å². The van der Waals surface area contributed by atoms with E-state index in [9.17, 15) is 0 Å². The molecule has 2 saturated carbocycles. The molecule has 1 atom stereocenters. The van der Waals surface area contributed by atoms with Crippen LogP contribution in [0.25, 0.3) is 0 Å². The van der Waals surface area contributed by atoms with Crippen LogP contribution in [-0.2, 0) is 0 Å². The number of nitrogens with zero attached hydrogens (tertiary/aromatic N) is 1. The van der Waals surface area contributed by atoms with Crippen molar-refractivity contribution >= 4 is 0 Å². The summed E-state index contributed by atoms with van der Waals surface area (Å²) in [7, 11) is 0. The highest BCUT2D eigenvalue weighted by Gasteiger charge is 2.38. The number of rotatable bonds is 4. The number of piperidine rings is 1. The Balaban J connectivity index is 1.55. The minimum absolute atomic E-state index is 0.606. The first-order chi connectivity index (χ1) is 9.14. The van der Waals surface area contributed by atoms with E-state index in [4.69, 9.17) is 0 Å². The third kappa shape index (κ3) is 3.72. The van der Waals surface area contributed by atoms with E-state index in [1.807, 2.05) is 0 Å². The minimum Gasteiger partial charge on any atom is -0.313 e. The summed E-state index contributed by atoms with van der Waals surface area (Å²) < 4.78 is 0. The van der Waals surface area contributed by atoms with Crippen LogP contribution in [0.15, 0.2) is 0 Å². The molecule has 2 heteroatoms. The second-order valence-electron chi connectivity index (χ2n) is 7.97. The van der Waals surface area contributed by atoms with E-state index in [1.165, 1.54) is 70.9 Å². The van der Waals surface area contributed by atoms with Gasteiger partial charge in [-0.3, -0.25) is 4.90 Å². The zero-order valence-electron chi connectivity index (χ0n) is 13.0. The maximum atomic E-state index is 3.75. The lowest BCUT2D eigenvalue weighted by molar-refractivity contribution is 0.0879. The van der Waals surface area contributed by atoms with Crippen molar-refractivity contribution in [1.82, 2.24) is 10.2 Å². The van der Waals surface area contributed by atoms with Gasteiger partial charge in [-0.25, -0.2) is 0 Å². The summed E-state index contributed by atoms with van der Waals surface area (Å²) in [5, 5.41) is 3.75. The summed E-state index contributed by atoms with van der Waals surface area (Å²) in [6, 6.07) is 2.61. The fourth-order valence-electron chi connectivity index (χ4n) is 4.05. The highest BCUT2D eigenvalue weighted by molar-refractivity contribution is 4.94. The van der Waals surface area contributed by atoms with Crippen LogP contribution >= 0.6 is 0 Å². The lowest BCUT2D eigenvalue weighted by Gasteiger charge is -2.42. The fourth-order valence-corrected chi connectivity index (χ4v) is 4.05. The summed E-state index contributed by atoms with van der Waals surface area (Å²) in [6.07, 6.45) is 12.9. The summed E-state index contributed by atoms with van der Waals surface area (Å²) in [5.74, 6) is 0. The van der Waals surface area contributed by atoms with Crippen molar-refractivity contribution in [3.8, 4) is 0 Å². The molecule has 1 heterocycles. The molecule has 2 nitrogen and oxygen atoms in total. The fraction of sp³-hybridized carbons (Fsp3) is 1.00. The molecule has 3 aliphatic rings. The van der Waals surface area contributed by atoms with Gasteiger partial charge < -0.3 is 5.32 Å². The maximum Gasteiger partial charge on any atom is 0.0195 e. The van der Waals surface area contributed by atoms with Gasteiger partial charge in [0.05, 0.1) is 0 Å². The van der Waals surface area contributed by atoms with Crippen molar-refractivity contribution in [2.24, 2.45) is 5.41 Å². The Bertz CT molecular complexity index is 280. The van der Waals surface area contributed by atoms with Crippen LogP contribution in [0, 0.1) is 5.41 Å². The summed E-state index contributed by atoms with van der Waals surface area (Å²) in [4.78, 5) is 2.90. The van der Waals surface area contributed by atoms with Gasteiger partial charge in [-0.15, -0.1) is 0 Å². The number of hydrogen-bond donors (Lipinski definition) is 1. The molecule has 1 aliphatic heterocycles. The molecule has 110 valence electrons. The van der Waals surface area contributed by atoms with E-state index in [1.54, 1.807) is 0 Å². The number of hydrogen-bond acceptors (Lipinski definition) is 2. The van der Waals surface area contributed by atoms with Crippen molar-refractivity contribution in [2.75, 3.05) is 13.1 Å². The van der Waals surface area contributed by atoms with E-state index in [-0.39, 0.29) is 0 Å². The van der Waals surface area contributed by atoms with Gasteiger partial charge in [0.1, 0.15) is 0 Å². The molecule has 3 rings (SSSR count). The first-order valence-electron chi connectivity index (χ1n) is 8.63. The summed E-state index contributed by atoms with van der Waals surface area (Å²) in [6.45, 7) is 7.48. The average Bonchev–Trinajstić information content (AvgIpc) is 3.22. The molecule has 19 heavy (non-hydrogen) atoms. The molecule has 0 aromatic heterocycles. The van der Waals surface area contributed by atoms with Crippen LogP contribution < -0.4 is 5.32 Å². The third-order valence-corrected chi connectivity index (χ3v) is 5.64. The molecular formula is C17H32N2. The Morgan fingerprint density at radius 3 is 2.21 bits per heavy atom. The molecule has 0 amide bonds. The molecule has 0 aromatic carbocycles. The van der Waals surface area contributed by atoms with E-state index in [0.29, 0.717) is 5.41 Å². The van der Waals surface area contributed by atoms with Gasteiger partial charge in [0.2, 0.25) is 0 Å². The lowest BCUT2D eigenvalue weighted by Crippen LogP contribution is -2.49. The molecule has 0 radical (unpaired) electrons. The third-order valence-electron chi connectivity index (χ3n) is 5.64. The second kappa shape index (κ2) is 5.73. The quantitative estimate of drug-likeness (QED) is 0.835. The van der Waals surface area contributed by atoms with Crippen LogP contribution in [0.1, 0.15) is 71.6 Å². The molecule has 2 aliphatic carbocycles. The van der Waals surface area contributed by atoms with E-state index in [0.717, 1.165) is 18.1 Å². The number of nitrogens with one attached hydrogen (secondary N) is 1. The first kappa shape index (κ1) is 13.9. The predicted octanol–water partition coefficient (Wildman–Crippen LogP) is 3.56. The van der Waals surface area contributed by atoms with Crippen LogP contribution in [0.2, 0.25) is 0 Å². The Labute approximate surface area is 119 Å². The van der Waals surface area contributed by atoms with Crippen LogP contribution in [0.4, 0.5) is 0 Å². The zero-order valence-corrected chi connectivity index (χ0v) is 13.0. The van der Waals surface area contributed by atoms with Crippen molar-refractivity contribution in [3.63, 3.8) is 0 Å². The second-order valence-corrected chi connectivity index (χ2v) is 7.97. The van der Waals surface area contributed by atoms with E-state index >= 15 is 0 Å². The normalized spacial score (nSPS) is 32.7. The molecule has 0 aromatic rings. The van der Waals surface area contributed by atoms with Crippen molar-refractivity contribution in [2.45, 2.75) is 89.8 Å². The molecule has 1 N–H and O–H groups in total. The van der Waals surface area contributed by atoms with E-state index < -0.39 is 0 Å². The Hall–Kier alpha value is -0.0800. The molecule has 1 saturated heterocycles. The van der Waals surface area contributed by atoms with Gasteiger partial charge in [-0.1, -0.05) is 20.3 Å². The first-order valence-corrected chi connectivity index (χ1v) is 8.63. The van der Waals surface area contributed by atoms with Gasteiger partial charge in [-0.05, 0) is 63.3 Å². The Morgan fingerprint density at radius 2 is 1.63 bits per heavy atom. The van der Waals surface area contributed by atoms with Crippen molar-refractivity contribution in [3.05, 3.63) is 0 Å².